The van der Waals surface area contributed by atoms with E-state index >= 15 is 0 Å². The molecule has 0 atom stereocenters. The molecule has 0 unspecified atom stereocenters. The Morgan fingerprint density at radius 2 is 0.985 bits per heavy atom. The normalized spacial score (nSPS) is 11.7. The summed E-state index contributed by atoms with van der Waals surface area (Å²) in [6, 6.07) is 67.0. The third kappa shape index (κ3) is 11.7. The molecule has 4 nitrogen and oxygen atoms in total. The van der Waals surface area contributed by atoms with Gasteiger partial charge in [-0.3, -0.25) is 15.0 Å². The highest BCUT2D eigenvalue weighted by molar-refractivity contribution is 8.03. The third-order valence-electron chi connectivity index (χ3n) is 11.7. The summed E-state index contributed by atoms with van der Waals surface area (Å²) in [6.45, 7) is 21.0. The summed E-state index contributed by atoms with van der Waals surface area (Å²) in [7, 11) is 0. The Labute approximate surface area is 406 Å². The van der Waals surface area contributed by atoms with Gasteiger partial charge in [0.25, 0.3) is 0 Å². The monoisotopic (exact) mass is 900 g/mol. The molecule has 0 aliphatic heterocycles. The SMILES string of the molecule is C=C.C=C(N=C(/C(SC)=C(\C)c1ccccc1)c1ccc(CC)cc1)c1ccc2ccc3ccccc3c2c1.C=C(N=C(C)c1ccc(-c2ccccn2)cc1)c1ccc(-c2ccccn2)cc1. The summed E-state index contributed by atoms with van der Waals surface area (Å²) < 4.78 is 0. The molecule has 0 amide bonds. The second kappa shape index (κ2) is 23.5. The van der Waals surface area contributed by atoms with E-state index < -0.39 is 0 Å². The zero-order chi connectivity index (χ0) is 47.8. The van der Waals surface area contributed by atoms with Crippen LogP contribution in [0.1, 0.15) is 54.2 Å². The number of aryl methyl sites for hydroxylation is 1. The molecule has 9 rings (SSSR count). The van der Waals surface area contributed by atoms with Crippen molar-refractivity contribution in [3.63, 3.8) is 0 Å². The number of pyridine rings is 2. The van der Waals surface area contributed by atoms with Crippen molar-refractivity contribution in [2.24, 2.45) is 9.98 Å². The fourth-order valence-electron chi connectivity index (χ4n) is 7.89. The lowest BCUT2D eigenvalue weighted by molar-refractivity contribution is 1.14. The summed E-state index contributed by atoms with van der Waals surface area (Å²) in [5.41, 5.74) is 15.4. The Hall–Kier alpha value is -7.99. The highest BCUT2D eigenvalue weighted by Crippen LogP contribution is 2.33. The average molecular weight is 901 g/mol. The molecule has 9 aromatic rings. The zero-order valence-electron chi connectivity index (χ0n) is 39.4. The smallest absolute Gasteiger partial charge is 0.0847 e. The van der Waals surface area contributed by atoms with Crippen LogP contribution in [0.5, 0.6) is 0 Å². The van der Waals surface area contributed by atoms with Crippen molar-refractivity contribution in [3.8, 4) is 22.5 Å². The van der Waals surface area contributed by atoms with Crippen molar-refractivity contribution in [1.82, 2.24) is 9.97 Å². The lowest BCUT2D eigenvalue weighted by Gasteiger charge is -2.16. The molecule has 0 aliphatic rings. The van der Waals surface area contributed by atoms with E-state index in [9.17, 15) is 0 Å². The highest BCUT2D eigenvalue weighted by Gasteiger charge is 2.16. The van der Waals surface area contributed by atoms with E-state index in [-0.39, 0.29) is 0 Å². The van der Waals surface area contributed by atoms with Crippen LogP contribution in [0.2, 0.25) is 0 Å². The first-order valence-corrected chi connectivity index (χ1v) is 23.9. The van der Waals surface area contributed by atoms with Gasteiger partial charge in [-0.15, -0.1) is 24.9 Å². The second-order valence-corrected chi connectivity index (χ2v) is 16.7. The molecule has 0 saturated carbocycles. The first-order valence-electron chi connectivity index (χ1n) is 22.7. The first-order chi connectivity index (χ1) is 33.3. The molecule has 7 aromatic carbocycles. The van der Waals surface area contributed by atoms with E-state index in [1.807, 2.05) is 55.5 Å². The Morgan fingerprint density at radius 3 is 1.56 bits per heavy atom. The number of allylic oxidation sites excluding steroid dienone is 2. The van der Waals surface area contributed by atoms with Crippen LogP contribution in [0.15, 0.2) is 248 Å². The van der Waals surface area contributed by atoms with Crippen LogP contribution in [0.25, 0.3) is 61.0 Å². The molecule has 2 aromatic heterocycles. The summed E-state index contributed by atoms with van der Waals surface area (Å²) in [4.78, 5) is 19.9. The molecule has 0 saturated heterocycles. The Kier molecular flexibility index (Phi) is 16.5. The average Bonchev–Trinajstić information content (AvgIpc) is 3.42. The van der Waals surface area contributed by atoms with Gasteiger partial charge >= 0.3 is 0 Å². The molecular weight excluding hydrogens is 845 g/mol. The van der Waals surface area contributed by atoms with Crippen molar-refractivity contribution in [2.45, 2.75) is 27.2 Å². The largest absolute Gasteiger partial charge is 0.256 e. The molecule has 0 bridgehead atoms. The zero-order valence-corrected chi connectivity index (χ0v) is 40.2. The first kappa shape index (κ1) is 48.0. The molecule has 0 aliphatic carbocycles. The van der Waals surface area contributed by atoms with E-state index in [1.54, 1.807) is 24.2 Å². The minimum absolute atomic E-state index is 0.740. The summed E-state index contributed by atoms with van der Waals surface area (Å²) >= 11 is 1.74. The molecule has 0 radical (unpaired) electrons. The Balaban J connectivity index is 0.000000200. The topological polar surface area (TPSA) is 50.5 Å². The van der Waals surface area contributed by atoms with Crippen LogP contribution in [-0.2, 0) is 6.42 Å². The van der Waals surface area contributed by atoms with E-state index in [0.717, 1.165) is 78.9 Å². The van der Waals surface area contributed by atoms with Crippen LogP contribution in [0.4, 0.5) is 0 Å². The number of fused-ring (bicyclic) bond motifs is 3. The molecule has 0 N–H and O–H groups in total. The van der Waals surface area contributed by atoms with Crippen LogP contribution in [0, 0.1) is 0 Å². The molecule has 2 heterocycles. The van der Waals surface area contributed by atoms with Gasteiger partial charge in [0.1, 0.15) is 0 Å². The summed E-state index contributed by atoms with van der Waals surface area (Å²) in [5.74, 6) is 0. The lowest BCUT2D eigenvalue weighted by Crippen LogP contribution is -2.06. The Morgan fingerprint density at radius 1 is 0.485 bits per heavy atom. The predicted molar refractivity (Wildman–Crippen MR) is 297 cm³/mol. The number of hydrogen-bond donors (Lipinski definition) is 0. The van der Waals surface area contributed by atoms with Gasteiger partial charge in [-0.25, -0.2) is 4.99 Å². The van der Waals surface area contributed by atoms with Gasteiger partial charge in [0.2, 0.25) is 0 Å². The fraction of sp³-hybridized carbons (Fsp3) is 0.0794. The molecule has 0 fully saturated rings. The number of rotatable bonds is 12. The van der Waals surface area contributed by atoms with E-state index in [1.165, 1.54) is 38.2 Å². The van der Waals surface area contributed by atoms with Crippen LogP contribution >= 0.6 is 11.8 Å². The van der Waals surface area contributed by atoms with Crippen LogP contribution in [0.3, 0.4) is 0 Å². The summed E-state index contributed by atoms with van der Waals surface area (Å²) in [5, 5.41) is 4.93. The maximum absolute atomic E-state index is 5.22. The van der Waals surface area contributed by atoms with E-state index in [4.69, 9.17) is 9.98 Å². The number of hydrogen-bond acceptors (Lipinski definition) is 5. The quantitative estimate of drug-likeness (QED) is 0.0697. The van der Waals surface area contributed by atoms with Gasteiger partial charge in [-0.1, -0.05) is 184 Å². The van der Waals surface area contributed by atoms with Crippen molar-refractivity contribution in [2.75, 3.05) is 6.26 Å². The van der Waals surface area contributed by atoms with Gasteiger partial charge in [0, 0.05) is 45.3 Å². The van der Waals surface area contributed by atoms with Gasteiger partial charge in [0.05, 0.1) is 28.5 Å². The van der Waals surface area contributed by atoms with E-state index in [2.05, 4.69) is 202 Å². The van der Waals surface area contributed by atoms with Crippen molar-refractivity contribution in [1.29, 1.82) is 0 Å². The van der Waals surface area contributed by atoms with Crippen molar-refractivity contribution >= 4 is 61.7 Å². The van der Waals surface area contributed by atoms with Gasteiger partial charge in [-0.05, 0) is 106 Å². The Bertz CT molecular complexity index is 3220. The minimum Gasteiger partial charge on any atom is -0.256 e. The van der Waals surface area contributed by atoms with Crippen molar-refractivity contribution < 1.29 is 0 Å². The summed E-state index contributed by atoms with van der Waals surface area (Å²) in [6.07, 6.45) is 6.75. The molecule has 5 heteroatoms. The molecule has 334 valence electrons. The lowest BCUT2D eigenvalue weighted by atomic mass is 9.98. The third-order valence-corrected chi connectivity index (χ3v) is 12.6. The molecule has 68 heavy (non-hydrogen) atoms. The maximum Gasteiger partial charge on any atom is 0.0847 e. The van der Waals surface area contributed by atoms with Gasteiger partial charge in [-0.2, -0.15) is 0 Å². The van der Waals surface area contributed by atoms with E-state index in [0.29, 0.717) is 0 Å². The van der Waals surface area contributed by atoms with Gasteiger partial charge in [0.15, 0.2) is 0 Å². The number of aliphatic imine (C=N–C) groups is 2. The van der Waals surface area contributed by atoms with Crippen LogP contribution in [-0.4, -0.2) is 27.6 Å². The number of nitrogens with zero attached hydrogens (tertiary/aromatic N) is 4. The standard InChI is InChI=1S/C35H31NS.C26H21N3.C2H4/c1-5-26-15-17-30(18-16-26)34(35(37-4)24(2)27-11-7-6-8-12-27)36-25(3)31-22-21-29-20-19-28-13-9-10-14-32(28)33(29)23-31;1-19(21-9-13-23(14-10-21)25-7-3-5-17-27-25)29-20(2)22-11-15-24(16-12-22)26-8-4-6-18-28-26;1-2/h6-23H,3,5H2,1-2,4H3;3-18H,1H2,2H3;1-2H2/b35-24-,36-34?;;. The van der Waals surface area contributed by atoms with Crippen molar-refractivity contribution in [3.05, 3.63) is 271 Å². The highest BCUT2D eigenvalue weighted by atomic mass is 32.2. The number of thioether (sulfide) groups is 1. The number of benzene rings is 7. The molecular formula is C63H56N4S. The predicted octanol–water partition coefficient (Wildman–Crippen LogP) is 16.9. The van der Waals surface area contributed by atoms with Gasteiger partial charge < -0.3 is 0 Å². The second-order valence-electron chi connectivity index (χ2n) is 15.9. The fourth-order valence-corrected chi connectivity index (χ4v) is 8.67. The van der Waals surface area contributed by atoms with Crippen LogP contribution < -0.4 is 0 Å². The minimum atomic E-state index is 0.740. The molecule has 0 spiro atoms. The number of aromatic nitrogens is 2. The maximum atomic E-state index is 5.22.